The van der Waals surface area contributed by atoms with Crippen molar-refractivity contribution >= 4 is 0 Å². The van der Waals surface area contributed by atoms with Crippen LogP contribution >= 0.6 is 0 Å². The van der Waals surface area contributed by atoms with Gasteiger partial charge in [-0.05, 0) is 26.2 Å². The molecular formula is C19H40O5. The van der Waals surface area contributed by atoms with Gasteiger partial charge in [-0.3, -0.25) is 0 Å². The fraction of sp³-hybridized carbons (Fsp3) is 1.00. The maximum atomic E-state index is 9.26. The predicted molar refractivity (Wildman–Crippen MR) is 97.1 cm³/mol. The first-order valence-electron chi connectivity index (χ1n) is 9.51. The van der Waals surface area contributed by atoms with E-state index in [9.17, 15) is 5.11 Å². The van der Waals surface area contributed by atoms with Crippen LogP contribution in [0.4, 0.5) is 0 Å². The standard InChI is InChI=1S/C19H40O5/c1-5-6-7-8-9-10-12-17(19(2,22-3)23-4)13-11-14-24-16-18(21)15-20/h17-18,20-21H,5-16H2,1-4H3. The predicted octanol–water partition coefficient (Wildman–Crippen LogP) is 3.51. The molecule has 0 aromatic carbocycles. The zero-order chi connectivity index (χ0) is 18.3. The van der Waals surface area contributed by atoms with E-state index in [4.69, 9.17) is 19.3 Å². The zero-order valence-electron chi connectivity index (χ0n) is 16.3. The molecule has 0 radical (unpaired) electrons. The fourth-order valence-corrected chi connectivity index (χ4v) is 2.96. The molecule has 2 N–H and O–H groups in total. The maximum Gasteiger partial charge on any atom is 0.167 e. The van der Waals surface area contributed by atoms with Crippen molar-refractivity contribution in [3.63, 3.8) is 0 Å². The Labute approximate surface area is 148 Å². The lowest BCUT2D eigenvalue weighted by molar-refractivity contribution is -0.230. The minimum atomic E-state index is -0.785. The molecule has 0 saturated carbocycles. The minimum absolute atomic E-state index is 0.185. The Morgan fingerprint density at radius 3 is 2.08 bits per heavy atom. The molecular weight excluding hydrogens is 308 g/mol. The summed E-state index contributed by atoms with van der Waals surface area (Å²) in [6.45, 7) is 4.75. The third kappa shape index (κ3) is 10.6. The normalized spacial score (nSPS) is 14.8. The van der Waals surface area contributed by atoms with Gasteiger partial charge >= 0.3 is 0 Å². The number of methoxy groups -OCH3 is 2. The molecule has 0 heterocycles. The first kappa shape index (κ1) is 23.8. The Kier molecular flexibility index (Phi) is 15.0. The fourth-order valence-electron chi connectivity index (χ4n) is 2.96. The van der Waals surface area contributed by atoms with Crippen molar-refractivity contribution < 1.29 is 24.4 Å². The Morgan fingerprint density at radius 1 is 0.917 bits per heavy atom. The molecule has 5 nitrogen and oxygen atoms in total. The largest absolute Gasteiger partial charge is 0.394 e. The molecule has 0 aliphatic rings. The van der Waals surface area contributed by atoms with Crippen molar-refractivity contribution in [2.45, 2.75) is 83.5 Å². The van der Waals surface area contributed by atoms with Crippen LogP contribution in [0.2, 0.25) is 0 Å². The number of rotatable bonds is 17. The van der Waals surface area contributed by atoms with Gasteiger partial charge < -0.3 is 24.4 Å². The average Bonchev–Trinajstić information content (AvgIpc) is 2.61. The second-order valence-corrected chi connectivity index (χ2v) is 6.73. The Balaban J connectivity index is 4.15. The van der Waals surface area contributed by atoms with Gasteiger partial charge in [-0.25, -0.2) is 0 Å². The van der Waals surface area contributed by atoms with E-state index in [0.717, 1.165) is 19.3 Å². The first-order chi connectivity index (χ1) is 11.5. The summed E-state index contributed by atoms with van der Waals surface area (Å²) in [5.41, 5.74) is 0. The summed E-state index contributed by atoms with van der Waals surface area (Å²) in [5.74, 6) is -0.237. The molecule has 0 amide bonds. The number of hydrogen-bond donors (Lipinski definition) is 2. The smallest absolute Gasteiger partial charge is 0.167 e. The number of aliphatic hydroxyl groups excluding tert-OH is 2. The van der Waals surface area contributed by atoms with Crippen LogP contribution in [0, 0.1) is 5.92 Å². The van der Waals surface area contributed by atoms with E-state index in [1.165, 1.54) is 38.5 Å². The van der Waals surface area contributed by atoms with Gasteiger partial charge in [0.15, 0.2) is 5.79 Å². The summed E-state index contributed by atoms with van der Waals surface area (Å²) in [4.78, 5) is 0. The van der Waals surface area contributed by atoms with Gasteiger partial charge in [-0.15, -0.1) is 0 Å². The summed E-state index contributed by atoms with van der Waals surface area (Å²) in [6.07, 6.45) is 9.85. The molecule has 5 heteroatoms. The lowest BCUT2D eigenvalue weighted by Gasteiger charge is -2.35. The molecule has 146 valence electrons. The van der Waals surface area contributed by atoms with E-state index in [1.54, 1.807) is 14.2 Å². The van der Waals surface area contributed by atoms with E-state index in [-0.39, 0.29) is 13.2 Å². The second-order valence-electron chi connectivity index (χ2n) is 6.73. The van der Waals surface area contributed by atoms with Crippen LogP contribution in [-0.4, -0.2) is 56.1 Å². The van der Waals surface area contributed by atoms with Gasteiger partial charge in [0.25, 0.3) is 0 Å². The summed E-state index contributed by atoms with van der Waals surface area (Å²) in [5, 5.41) is 18.0. The van der Waals surface area contributed by atoms with Gasteiger partial charge in [-0.1, -0.05) is 45.4 Å². The molecule has 0 aromatic rings. The molecule has 2 unspecified atom stereocenters. The van der Waals surface area contributed by atoms with Crippen LogP contribution in [0.5, 0.6) is 0 Å². The van der Waals surface area contributed by atoms with Crippen LogP contribution in [0.25, 0.3) is 0 Å². The number of ether oxygens (including phenoxy) is 3. The van der Waals surface area contributed by atoms with Crippen LogP contribution in [0.15, 0.2) is 0 Å². The molecule has 0 rings (SSSR count). The van der Waals surface area contributed by atoms with Crippen molar-refractivity contribution in [1.82, 2.24) is 0 Å². The van der Waals surface area contributed by atoms with Gasteiger partial charge in [0, 0.05) is 26.7 Å². The molecule has 0 saturated heterocycles. The van der Waals surface area contributed by atoms with Crippen molar-refractivity contribution in [2.75, 3.05) is 34.0 Å². The lowest BCUT2D eigenvalue weighted by atomic mass is 9.88. The van der Waals surface area contributed by atoms with Crippen LogP contribution < -0.4 is 0 Å². The van der Waals surface area contributed by atoms with E-state index >= 15 is 0 Å². The average molecular weight is 349 g/mol. The summed E-state index contributed by atoms with van der Waals surface area (Å²) in [7, 11) is 3.40. The Hall–Kier alpha value is -0.200. The highest BCUT2D eigenvalue weighted by molar-refractivity contribution is 4.75. The molecule has 0 aromatic heterocycles. The van der Waals surface area contributed by atoms with E-state index < -0.39 is 11.9 Å². The van der Waals surface area contributed by atoms with Gasteiger partial charge in [0.1, 0.15) is 6.10 Å². The van der Waals surface area contributed by atoms with E-state index in [1.807, 2.05) is 6.92 Å². The highest BCUT2D eigenvalue weighted by Crippen LogP contribution is 2.31. The van der Waals surface area contributed by atoms with Gasteiger partial charge in [0.2, 0.25) is 0 Å². The third-order valence-corrected chi connectivity index (χ3v) is 4.82. The minimum Gasteiger partial charge on any atom is -0.394 e. The topological polar surface area (TPSA) is 68.2 Å². The summed E-state index contributed by atoms with van der Waals surface area (Å²) >= 11 is 0. The highest BCUT2D eigenvalue weighted by Gasteiger charge is 2.33. The first-order valence-corrected chi connectivity index (χ1v) is 9.51. The Morgan fingerprint density at radius 2 is 1.50 bits per heavy atom. The molecule has 0 aliphatic carbocycles. The number of aliphatic hydroxyl groups is 2. The van der Waals surface area contributed by atoms with Gasteiger partial charge in [0.05, 0.1) is 13.2 Å². The van der Waals surface area contributed by atoms with Crippen LogP contribution in [-0.2, 0) is 14.2 Å². The zero-order valence-corrected chi connectivity index (χ0v) is 16.3. The van der Waals surface area contributed by atoms with Crippen molar-refractivity contribution in [3.8, 4) is 0 Å². The molecule has 0 fully saturated rings. The van der Waals surface area contributed by atoms with Crippen molar-refractivity contribution in [2.24, 2.45) is 5.92 Å². The van der Waals surface area contributed by atoms with Crippen molar-refractivity contribution in [1.29, 1.82) is 0 Å². The third-order valence-electron chi connectivity index (χ3n) is 4.82. The SMILES string of the molecule is CCCCCCCCC(CCCOCC(O)CO)C(C)(OC)OC. The molecule has 24 heavy (non-hydrogen) atoms. The molecule has 0 aliphatic heterocycles. The monoisotopic (exact) mass is 348 g/mol. The van der Waals surface area contributed by atoms with E-state index in [0.29, 0.717) is 12.5 Å². The van der Waals surface area contributed by atoms with Crippen LogP contribution in [0.3, 0.4) is 0 Å². The number of hydrogen-bond acceptors (Lipinski definition) is 5. The van der Waals surface area contributed by atoms with Crippen LogP contribution in [0.1, 0.15) is 71.6 Å². The van der Waals surface area contributed by atoms with Crippen molar-refractivity contribution in [3.05, 3.63) is 0 Å². The van der Waals surface area contributed by atoms with Gasteiger partial charge in [-0.2, -0.15) is 0 Å². The second kappa shape index (κ2) is 15.1. The maximum absolute atomic E-state index is 9.26. The Bertz CT molecular complexity index is 268. The lowest BCUT2D eigenvalue weighted by Crippen LogP contribution is -2.39. The highest BCUT2D eigenvalue weighted by atomic mass is 16.7. The summed E-state index contributed by atoms with van der Waals surface area (Å²) < 4.78 is 16.6. The quantitative estimate of drug-likeness (QED) is 0.311. The molecule has 0 spiro atoms. The molecule has 0 bridgehead atoms. The number of unbranched alkanes of at least 4 members (excludes halogenated alkanes) is 5. The molecule has 2 atom stereocenters. The summed E-state index contributed by atoms with van der Waals surface area (Å²) in [6, 6.07) is 0. The van der Waals surface area contributed by atoms with E-state index in [2.05, 4.69) is 6.92 Å².